The average molecular weight is 250 g/mol. The first-order valence-electron chi connectivity index (χ1n) is 6.30. The van der Waals surface area contributed by atoms with Gasteiger partial charge in [-0.3, -0.25) is 10.5 Å². The molecule has 18 heavy (non-hydrogen) atoms. The third kappa shape index (κ3) is 4.65. The molecule has 0 spiro atoms. The lowest BCUT2D eigenvalue weighted by Gasteiger charge is -2.12. The van der Waals surface area contributed by atoms with Crippen molar-refractivity contribution in [1.29, 1.82) is 0 Å². The molecular weight excluding hydrogens is 230 g/mol. The second-order valence-corrected chi connectivity index (χ2v) is 3.92. The molecule has 4 heteroatoms. The molecule has 1 aromatic rings. The molecule has 1 rings (SSSR count). The number of rotatable bonds is 8. The van der Waals surface area contributed by atoms with E-state index in [1.807, 2.05) is 32.0 Å². The first kappa shape index (κ1) is 14.4. The van der Waals surface area contributed by atoms with E-state index >= 15 is 0 Å². The molecular formula is C14H20NO3. The standard InChI is InChI=1S/C14H20NO3/c1-3-17-12-9-8-11(6-5-7-14(15)16)10-13(12)18-4-2/h8-10,15H,3-7H2,1-2H3. The van der Waals surface area contributed by atoms with E-state index in [1.54, 1.807) is 0 Å². The summed E-state index contributed by atoms with van der Waals surface area (Å²) in [5.74, 6) is 0.986. The smallest absolute Gasteiger partial charge is 0.238 e. The van der Waals surface area contributed by atoms with Gasteiger partial charge in [0.2, 0.25) is 5.91 Å². The molecule has 0 aromatic heterocycles. The largest absolute Gasteiger partial charge is 0.490 e. The second-order valence-electron chi connectivity index (χ2n) is 3.92. The van der Waals surface area contributed by atoms with Crippen LogP contribution in [0.2, 0.25) is 0 Å². The van der Waals surface area contributed by atoms with Crippen LogP contribution in [0.3, 0.4) is 0 Å². The summed E-state index contributed by atoms with van der Waals surface area (Å²) >= 11 is 0. The van der Waals surface area contributed by atoms with E-state index in [2.05, 4.69) is 0 Å². The fraction of sp³-hybridized carbons (Fsp3) is 0.500. The molecule has 1 aromatic carbocycles. The van der Waals surface area contributed by atoms with Crippen LogP contribution in [0.5, 0.6) is 11.5 Å². The maximum atomic E-state index is 10.6. The Balaban J connectivity index is 2.69. The number of nitrogens with one attached hydrogen (secondary N) is 1. The molecule has 0 aliphatic heterocycles. The zero-order chi connectivity index (χ0) is 13.4. The highest BCUT2D eigenvalue weighted by atomic mass is 16.5. The second kappa shape index (κ2) is 7.58. The summed E-state index contributed by atoms with van der Waals surface area (Å²) in [6.45, 7) is 5.06. The molecule has 0 bridgehead atoms. The molecule has 0 aliphatic rings. The molecule has 1 amide bonds. The highest BCUT2D eigenvalue weighted by Crippen LogP contribution is 2.29. The normalized spacial score (nSPS) is 10.1. The van der Waals surface area contributed by atoms with Crippen LogP contribution in [0.4, 0.5) is 0 Å². The van der Waals surface area contributed by atoms with Crippen molar-refractivity contribution < 1.29 is 14.3 Å². The molecule has 0 fully saturated rings. The monoisotopic (exact) mass is 250 g/mol. The van der Waals surface area contributed by atoms with Crippen molar-refractivity contribution in [2.75, 3.05) is 13.2 Å². The summed E-state index contributed by atoms with van der Waals surface area (Å²) in [7, 11) is 0. The average Bonchev–Trinajstić information content (AvgIpc) is 2.32. The van der Waals surface area contributed by atoms with Crippen LogP contribution in [0.15, 0.2) is 18.2 Å². The fourth-order valence-electron chi connectivity index (χ4n) is 1.70. The number of carbonyl (C=O) groups is 1. The molecule has 0 aliphatic carbocycles. The van der Waals surface area contributed by atoms with Crippen LogP contribution in [-0.4, -0.2) is 19.1 Å². The fourth-order valence-corrected chi connectivity index (χ4v) is 1.70. The lowest BCUT2D eigenvalue weighted by molar-refractivity contribution is -0.118. The van der Waals surface area contributed by atoms with Gasteiger partial charge in [-0.25, -0.2) is 0 Å². The Bertz CT molecular complexity index is 391. The first-order chi connectivity index (χ1) is 8.67. The molecule has 99 valence electrons. The summed E-state index contributed by atoms with van der Waals surface area (Å²) < 4.78 is 11.0. The number of hydrogen-bond donors (Lipinski definition) is 0. The van der Waals surface area contributed by atoms with Gasteiger partial charge in [-0.1, -0.05) is 6.07 Å². The van der Waals surface area contributed by atoms with Crippen LogP contribution in [0.25, 0.3) is 0 Å². The SMILES string of the molecule is CCOc1ccc(CCCC([NH])=O)cc1OCC. The van der Waals surface area contributed by atoms with Crippen molar-refractivity contribution in [3.8, 4) is 11.5 Å². The first-order valence-corrected chi connectivity index (χ1v) is 6.30. The summed E-state index contributed by atoms with van der Waals surface area (Å²) in [6, 6.07) is 5.82. The molecule has 0 saturated heterocycles. The van der Waals surface area contributed by atoms with E-state index in [0.717, 1.165) is 23.5 Å². The van der Waals surface area contributed by atoms with Crippen LogP contribution in [-0.2, 0) is 11.2 Å². The van der Waals surface area contributed by atoms with E-state index in [9.17, 15) is 4.79 Å². The van der Waals surface area contributed by atoms with E-state index in [-0.39, 0.29) is 0 Å². The summed E-state index contributed by atoms with van der Waals surface area (Å²) in [5, 5.41) is 0. The van der Waals surface area contributed by atoms with Crippen molar-refractivity contribution in [2.45, 2.75) is 33.1 Å². The zero-order valence-electron chi connectivity index (χ0n) is 11.0. The van der Waals surface area contributed by atoms with Gasteiger partial charge in [0.1, 0.15) is 0 Å². The molecule has 0 saturated carbocycles. The lowest BCUT2D eigenvalue weighted by Crippen LogP contribution is -2.01. The Kier molecular flexibility index (Phi) is 6.05. The third-order valence-electron chi connectivity index (χ3n) is 2.48. The maximum absolute atomic E-state index is 10.6. The minimum absolute atomic E-state index is 0.303. The van der Waals surface area contributed by atoms with Gasteiger partial charge in [-0.05, 0) is 44.4 Å². The third-order valence-corrected chi connectivity index (χ3v) is 2.48. The van der Waals surface area contributed by atoms with E-state index in [0.29, 0.717) is 26.1 Å². The van der Waals surface area contributed by atoms with Gasteiger partial charge < -0.3 is 9.47 Å². The van der Waals surface area contributed by atoms with Crippen molar-refractivity contribution >= 4 is 5.91 Å². The van der Waals surface area contributed by atoms with Crippen LogP contribution < -0.4 is 15.2 Å². The number of benzene rings is 1. The van der Waals surface area contributed by atoms with Crippen LogP contribution >= 0.6 is 0 Å². The van der Waals surface area contributed by atoms with Gasteiger partial charge in [0.15, 0.2) is 11.5 Å². The van der Waals surface area contributed by atoms with Crippen molar-refractivity contribution in [3.05, 3.63) is 23.8 Å². The summed E-state index contributed by atoms with van der Waals surface area (Å²) in [5.41, 5.74) is 7.96. The number of ether oxygens (including phenoxy) is 2. The van der Waals surface area contributed by atoms with E-state index < -0.39 is 5.91 Å². The number of hydrogen-bond acceptors (Lipinski definition) is 3. The number of amides is 1. The Morgan fingerprint density at radius 3 is 2.44 bits per heavy atom. The van der Waals surface area contributed by atoms with E-state index in [1.165, 1.54) is 0 Å². The zero-order valence-corrected chi connectivity index (χ0v) is 11.0. The number of aryl methyl sites for hydroxylation is 1. The van der Waals surface area contributed by atoms with Gasteiger partial charge >= 0.3 is 0 Å². The minimum Gasteiger partial charge on any atom is -0.490 e. The van der Waals surface area contributed by atoms with E-state index in [4.69, 9.17) is 15.2 Å². The quantitative estimate of drug-likeness (QED) is 0.712. The van der Waals surface area contributed by atoms with Gasteiger partial charge in [0.25, 0.3) is 0 Å². The molecule has 0 heterocycles. The van der Waals surface area contributed by atoms with Crippen molar-refractivity contribution in [2.24, 2.45) is 0 Å². The highest BCUT2D eigenvalue weighted by molar-refractivity contribution is 5.72. The molecule has 1 N–H and O–H groups in total. The minimum atomic E-state index is -0.508. The van der Waals surface area contributed by atoms with Gasteiger partial charge in [0, 0.05) is 6.42 Å². The molecule has 0 atom stereocenters. The topological polar surface area (TPSA) is 59.3 Å². The summed E-state index contributed by atoms with van der Waals surface area (Å²) in [4.78, 5) is 10.6. The Morgan fingerprint density at radius 2 is 1.83 bits per heavy atom. The molecule has 0 unspecified atom stereocenters. The Morgan fingerprint density at radius 1 is 1.17 bits per heavy atom. The Hall–Kier alpha value is -1.71. The van der Waals surface area contributed by atoms with Gasteiger partial charge in [0.05, 0.1) is 13.2 Å². The van der Waals surface area contributed by atoms with Crippen molar-refractivity contribution in [3.63, 3.8) is 0 Å². The maximum Gasteiger partial charge on any atom is 0.238 e. The summed E-state index contributed by atoms with van der Waals surface area (Å²) in [6.07, 6.45) is 1.77. The highest BCUT2D eigenvalue weighted by Gasteiger charge is 2.06. The molecule has 1 radical (unpaired) electrons. The van der Waals surface area contributed by atoms with Crippen LogP contribution in [0.1, 0.15) is 32.3 Å². The van der Waals surface area contributed by atoms with Gasteiger partial charge in [-0.15, -0.1) is 0 Å². The van der Waals surface area contributed by atoms with Gasteiger partial charge in [-0.2, -0.15) is 0 Å². The molecule has 4 nitrogen and oxygen atoms in total. The predicted molar refractivity (Wildman–Crippen MR) is 69.8 cm³/mol. The van der Waals surface area contributed by atoms with Crippen LogP contribution in [0, 0.1) is 0 Å². The van der Waals surface area contributed by atoms with Crippen molar-refractivity contribution in [1.82, 2.24) is 5.73 Å². The Labute approximate surface area is 108 Å². The lowest BCUT2D eigenvalue weighted by atomic mass is 10.1. The predicted octanol–water partition coefficient (Wildman–Crippen LogP) is 2.62. The number of carbonyl (C=O) groups excluding carboxylic acids is 1.